The van der Waals surface area contributed by atoms with Gasteiger partial charge in [-0.25, -0.2) is 9.97 Å². The van der Waals surface area contributed by atoms with Gasteiger partial charge in [0.2, 0.25) is 0 Å². The Labute approximate surface area is 68.6 Å². The maximum absolute atomic E-state index is 5.70. The second-order valence-electron chi connectivity index (χ2n) is 2.27. The third-order valence-electron chi connectivity index (χ3n) is 1.45. The molecule has 0 unspecified atom stereocenters. The van der Waals surface area contributed by atoms with E-state index >= 15 is 0 Å². The molecule has 0 fully saturated rings. The van der Waals surface area contributed by atoms with Crippen LogP contribution in [0.1, 0.15) is 0 Å². The van der Waals surface area contributed by atoms with Gasteiger partial charge in [0.25, 0.3) is 0 Å². The van der Waals surface area contributed by atoms with Crippen LogP contribution >= 0.6 is 11.6 Å². The van der Waals surface area contributed by atoms with Gasteiger partial charge in [0.15, 0.2) is 12.0 Å². The van der Waals surface area contributed by atoms with Crippen LogP contribution in [0.5, 0.6) is 0 Å². The molecule has 2 heterocycles. The first kappa shape index (κ1) is 6.61. The lowest BCUT2D eigenvalue weighted by molar-refractivity contribution is 0.920. The second-order valence-corrected chi connectivity index (χ2v) is 2.70. The molecule has 2 aromatic heterocycles. The lowest BCUT2D eigenvalue weighted by Gasteiger charge is -1.91. The van der Waals surface area contributed by atoms with E-state index in [9.17, 15) is 0 Å². The summed E-state index contributed by atoms with van der Waals surface area (Å²) in [6.07, 6.45) is 4.35. The van der Waals surface area contributed by atoms with Crippen molar-refractivity contribution in [2.75, 3.05) is 0 Å². The van der Waals surface area contributed by atoms with E-state index in [1.165, 1.54) is 0 Å². The Hall–Kier alpha value is -1.09. The van der Waals surface area contributed by atoms with Crippen molar-refractivity contribution in [2.45, 2.75) is 0 Å². The fraction of sp³-hybridized carbons (Fsp3) is 0.143. The highest BCUT2D eigenvalue weighted by Gasteiger charge is 2.00. The zero-order valence-corrected chi connectivity index (χ0v) is 6.63. The fourth-order valence-corrected chi connectivity index (χ4v) is 1.09. The first-order valence-electron chi connectivity index (χ1n) is 3.13. The molecule has 2 rings (SSSR count). The largest absolute Gasteiger partial charge is 0.309 e. The molecule has 0 aliphatic rings. The highest BCUT2D eigenvalue weighted by molar-refractivity contribution is 6.30. The highest BCUT2D eigenvalue weighted by atomic mass is 35.5. The summed E-state index contributed by atoms with van der Waals surface area (Å²) in [6.45, 7) is 0. The van der Waals surface area contributed by atoms with Gasteiger partial charge >= 0.3 is 0 Å². The van der Waals surface area contributed by atoms with Crippen molar-refractivity contribution in [1.29, 1.82) is 0 Å². The van der Waals surface area contributed by atoms with E-state index in [0.29, 0.717) is 5.02 Å². The molecule has 0 bridgehead atoms. The van der Waals surface area contributed by atoms with E-state index in [0.717, 1.165) is 11.2 Å². The molecule has 3 nitrogen and oxygen atoms in total. The van der Waals surface area contributed by atoms with Gasteiger partial charge < -0.3 is 4.57 Å². The van der Waals surface area contributed by atoms with Crippen molar-refractivity contribution < 1.29 is 0 Å². The van der Waals surface area contributed by atoms with Crippen molar-refractivity contribution in [2.24, 2.45) is 7.05 Å². The number of aryl methyl sites for hydroxylation is 1. The lowest BCUT2D eigenvalue weighted by atomic mass is 10.4. The van der Waals surface area contributed by atoms with Crippen LogP contribution in [-0.2, 0) is 7.05 Å². The quantitative estimate of drug-likeness (QED) is 0.593. The molecule has 0 amide bonds. The molecular weight excluding hydrogens is 162 g/mol. The standard InChI is InChI=1S/C7H5ClN3/c1-11-4-10-6-2-5(8)3-9-7(6)11/h2-3H,1H3. The van der Waals surface area contributed by atoms with Crippen LogP contribution in [-0.4, -0.2) is 14.5 Å². The Kier molecular flexibility index (Phi) is 1.32. The predicted molar refractivity (Wildman–Crippen MR) is 42.4 cm³/mol. The molecular formula is C7H5ClN3. The van der Waals surface area contributed by atoms with Crippen molar-refractivity contribution in [3.8, 4) is 0 Å². The van der Waals surface area contributed by atoms with Crippen LogP contribution in [0.2, 0.25) is 5.02 Å². The number of fused-ring (bicyclic) bond motifs is 1. The summed E-state index contributed by atoms with van der Waals surface area (Å²) in [6, 6.07) is 1.76. The van der Waals surface area contributed by atoms with E-state index in [4.69, 9.17) is 11.6 Å². The van der Waals surface area contributed by atoms with E-state index in [2.05, 4.69) is 16.3 Å². The molecule has 0 aromatic carbocycles. The number of pyridine rings is 1. The van der Waals surface area contributed by atoms with Gasteiger partial charge in [0, 0.05) is 13.2 Å². The second kappa shape index (κ2) is 2.20. The summed E-state index contributed by atoms with van der Waals surface area (Å²) in [5.74, 6) is 0. The molecule has 0 atom stereocenters. The summed E-state index contributed by atoms with van der Waals surface area (Å²) < 4.78 is 1.73. The van der Waals surface area contributed by atoms with Gasteiger partial charge in [-0.3, -0.25) is 0 Å². The van der Waals surface area contributed by atoms with Crippen LogP contribution in [0.25, 0.3) is 11.2 Å². The summed E-state index contributed by atoms with van der Waals surface area (Å²) in [5, 5.41) is 0.601. The topological polar surface area (TPSA) is 30.7 Å². The van der Waals surface area contributed by atoms with Crippen LogP contribution in [0.3, 0.4) is 0 Å². The molecule has 0 N–H and O–H groups in total. The minimum atomic E-state index is 0.601. The van der Waals surface area contributed by atoms with Gasteiger partial charge in [-0.05, 0) is 6.07 Å². The smallest absolute Gasteiger partial charge is 0.178 e. The fourth-order valence-electron chi connectivity index (χ4n) is 0.938. The number of aromatic nitrogens is 3. The number of hydrogen-bond acceptors (Lipinski definition) is 2. The Bertz CT molecular complexity index is 393. The summed E-state index contributed by atoms with van der Waals surface area (Å²) in [7, 11) is 1.84. The number of nitrogens with zero attached hydrogens (tertiary/aromatic N) is 3. The lowest BCUT2D eigenvalue weighted by Crippen LogP contribution is -1.86. The zero-order valence-electron chi connectivity index (χ0n) is 5.87. The summed E-state index contributed by atoms with van der Waals surface area (Å²) in [4.78, 5) is 8.05. The third-order valence-corrected chi connectivity index (χ3v) is 1.66. The van der Waals surface area contributed by atoms with E-state index in [1.807, 2.05) is 7.05 Å². The number of imidazole rings is 1. The zero-order chi connectivity index (χ0) is 7.84. The maximum atomic E-state index is 5.70. The van der Waals surface area contributed by atoms with Gasteiger partial charge in [-0.15, -0.1) is 0 Å². The molecule has 11 heavy (non-hydrogen) atoms. The number of hydrogen-bond donors (Lipinski definition) is 0. The van der Waals surface area contributed by atoms with Crippen molar-refractivity contribution in [1.82, 2.24) is 14.5 Å². The Morgan fingerprint density at radius 1 is 1.64 bits per heavy atom. The summed E-state index contributed by atoms with van der Waals surface area (Å²) >= 11 is 5.70. The van der Waals surface area contributed by atoms with Crippen LogP contribution in [0.15, 0.2) is 12.3 Å². The average Bonchev–Trinajstić information content (AvgIpc) is 2.32. The van der Waals surface area contributed by atoms with E-state index in [-0.39, 0.29) is 0 Å². The Balaban J connectivity index is 2.86. The molecule has 55 valence electrons. The number of halogens is 1. The van der Waals surface area contributed by atoms with E-state index in [1.54, 1.807) is 16.8 Å². The van der Waals surface area contributed by atoms with Gasteiger partial charge in [0.1, 0.15) is 5.52 Å². The molecule has 0 aliphatic carbocycles. The van der Waals surface area contributed by atoms with Gasteiger partial charge in [-0.1, -0.05) is 11.6 Å². The van der Waals surface area contributed by atoms with Crippen molar-refractivity contribution in [3.63, 3.8) is 0 Å². The monoisotopic (exact) mass is 166 g/mol. The van der Waals surface area contributed by atoms with Crippen molar-refractivity contribution >= 4 is 22.8 Å². The minimum absolute atomic E-state index is 0.601. The SMILES string of the molecule is Cn1[c]nc2cc(Cl)cnc21. The van der Waals surface area contributed by atoms with Gasteiger partial charge in [0.05, 0.1) is 5.02 Å². The first-order chi connectivity index (χ1) is 5.27. The Morgan fingerprint density at radius 3 is 3.27 bits per heavy atom. The van der Waals surface area contributed by atoms with Crippen molar-refractivity contribution in [3.05, 3.63) is 23.6 Å². The first-order valence-corrected chi connectivity index (χ1v) is 3.51. The van der Waals surface area contributed by atoms with Gasteiger partial charge in [-0.2, -0.15) is 0 Å². The average molecular weight is 167 g/mol. The Morgan fingerprint density at radius 2 is 2.45 bits per heavy atom. The summed E-state index contributed by atoms with van der Waals surface area (Å²) in [5.41, 5.74) is 1.58. The number of rotatable bonds is 0. The molecule has 0 saturated carbocycles. The molecule has 1 radical (unpaired) electrons. The van der Waals surface area contributed by atoms with E-state index < -0.39 is 0 Å². The third kappa shape index (κ3) is 0.973. The highest BCUT2D eigenvalue weighted by Crippen LogP contribution is 2.13. The van der Waals surface area contributed by atoms with Crippen LogP contribution in [0, 0.1) is 6.33 Å². The normalized spacial score (nSPS) is 10.7. The molecule has 4 heteroatoms. The molecule has 0 aliphatic heterocycles. The molecule has 0 saturated heterocycles. The predicted octanol–water partition coefficient (Wildman–Crippen LogP) is 1.42. The molecule has 2 aromatic rings. The van der Waals surface area contributed by atoms with Crippen LogP contribution < -0.4 is 0 Å². The maximum Gasteiger partial charge on any atom is 0.178 e. The van der Waals surface area contributed by atoms with Crippen LogP contribution in [0.4, 0.5) is 0 Å². The minimum Gasteiger partial charge on any atom is -0.309 e. The molecule has 0 spiro atoms.